The molecule has 8 heteroatoms. The van der Waals surface area contributed by atoms with Crippen molar-refractivity contribution in [2.24, 2.45) is 0 Å². The summed E-state index contributed by atoms with van der Waals surface area (Å²) in [6.45, 7) is 3.83. The first kappa shape index (κ1) is 18.3. The third-order valence-electron chi connectivity index (χ3n) is 5.49. The van der Waals surface area contributed by atoms with E-state index < -0.39 is 0 Å². The lowest BCUT2D eigenvalue weighted by Gasteiger charge is -2.35. The first-order valence-corrected chi connectivity index (χ1v) is 10.4. The number of hydrogen-bond acceptors (Lipinski definition) is 5. The summed E-state index contributed by atoms with van der Waals surface area (Å²) in [5.41, 5.74) is 1.60. The highest BCUT2D eigenvalue weighted by Gasteiger charge is 2.42. The van der Waals surface area contributed by atoms with Crippen LogP contribution < -0.4 is 0 Å². The van der Waals surface area contributed by atoms with E-state index in [1.54, 1.807) is 21.6 Å². The minimum absolute atomic E-state index is 0.0199. The lowest BCUT2D eigenvalue weighted by atomic mass is 10.1. The molecule has 3 heterocycles. The molecule has 0 aliphatic carbocycles. The number of nitrogens with zero attached hydrogens (tertiary/aromatic N) is 4. The lowest BCUT2D eigenvalue weighted by molar-refractivity contribution is -0.153. The van der Waals surface area contributed by atoms with Crippen molar-refractivity contribution in [2.75, 3.05) is 51.4 Å². The standard InChI is InChI=1S/C19H24N4O3S/c1-20-6-8-21(9-7-20)18(25)15-4-2-14(3-5-15)10-22-11-17(24)23-13-27-12-16(23)19(22)26/h2-5,16H,6-13H2,1H3/t16-/m1/s1. The maximum atomic E-state index is 12.6. The molecular formula is C19H24N4O3S. The number of carbonyl (C=O) groups excluding carboxylic acids is 3. The van der Waals surface area contributed by atoms with Gasteiger partial charge in [-0.25, -0.2) is 0 Å². The van der Waals surface area contributed by atoms with Gasteiger partial charge in [-0.2, -0.15) is 0 Å². The van der Waals surface area contributed by atoms with Gasteiger partial charge in [0.1, 0.15) is 12.6 Å². The van der Waals surface area contributed by atoms with E-state index in [0.717, 1.165) is 31.7 Å². The second-order valence-electron chi connectivity index (χ2n) is 7.37. The zero-order valence-electron chi connectivity index (χ0n) is 15.5. The normalized spacial score (nSPS) is 23.7. The van der Waals surface area contributed by atoms with Crippen molar-refractivity contribution in [2.45, 2.75) is 12.6 Å². The molecule has 1 aromatic carbocycles. The SMILES string of the molecule is CN1CCN(C(=O)c2ccc(CN3CC(=O)N4CSC[C@@H]4C3=O)cc2)CC1. The Morgan fingerprint density at radius 1 is 1.11 bits per heavy atom. The van der Waals surface area contributed by atoms with Gasteiger partial charge in [0, 0.05) is 44.0 Å². The Labute approximate surface area is 163 Å². The topological polar surface area (TPSA) is 64.2 Å². The largest absolute Gasteiger partial charge is 0.336 e. The zero-order chi connectivity index (χ0) is 19.0. The Hall–Kier alpha value is -2.06. The molecule has 144 valence electrons. The third-order valence-corrected chi connectivity index (χ3v) is 6.50. The number of amides is 3. The Morgan fingerprint density at radius 2 is 1.81 bits per heavy atom. The van der Waals surface area contributed by atoms with Crippen LogP contribution in [0.25, 0.3) is 0 Å². The highest BCUT2D eigenvalue weighted by Crippen LogP contribution is 2.26. The van der Waals surface area contributed by atoms with Crippen molar-refractivity contribution in [3.05, 3.63) is 35.4 Å². The monoisotopic (exact) mass is 388 g/mol. The average Bonchev–Trinajstić information content (AvgIpc) is 3.17. The fourth-order valence-corrected chi connectivity index (χ4v) is 4.91. The van der Waals surface area contributed by atoms with Gasteiger partial charge < -0.3 is 19.6 Å². The van der Waals surface area contributed by atoms with Crippen molar-refractivity contribution in [3.8, 4) is 0 Å². The molecule has 1 atom stereocenters. The molecule has 7 nitrogen and oxygen atoms in total. The summed E-state index contributed by atoms with van der Waals surface area (Å²) in [5, 5.41) is 0. The van der Waals surface area contributed by atoms with E-state index in [0.29, 0.717) is 23.7 Å². The highest BCUT2D eigenvalue weighted by molar-refractivity contribution is 7.99. The van der Waals surface area contributed by atoms with Crippen LogP contribution in [-0.4, -0.2) is 94.8 Å². The Balaban J connectivity index is 1.40. The number of rotatable bonds is 3. The molecule has 0 spiro atoms. The van der Waals surface area contributed by atoms with Crippen molar-refractivity contribution in [1.82, 2.24) is 19.6 Å². The summed E-state index contributed by atoms with van der Waals surface area (Å²) in [6, 6.07) is 7.11. The summed E-state index contributed by atoms with van der Waals surface area (Å²) in [7, 11) is 2.06. The molecule has 1 aromatic rings. The van der Waals surface area contributed by atoms with E-state index in [4.69, 9.17) is 0 Å². The number of likely N-dealkylation sites (N-methyl/N-ethyl adjacent to an activating group) is 1. The van der Waals surface area contributed by atoms with Crippen LogP contribution in [0.4, 0.5) is 0 Å². The van der Waals surface area contributed by atoms with Crippen molar-refractivity contribution >= 4 is 29.5 Å². The maximum absolute atomic E-state index is 12.6. The predicted octanol–water partition coefficient (Wildman–Crippen LogP) is 0.318. The van der Waals surface area contributed by atoms with Gasteiger partial charge >= 0.3 is 0 Å². The van der Waals surface area contributed by atoms with Crippen molar-refractivity contribution in [1.29, 1.82) is 0 Å². The molecule has 3 aliphatic heterocycles. The van der Waals surface area contributed by atoms with Crippen LogP contribution in [0.2, 0.25) is 0 Å². The van der Waals surface area contributed by atoms with Crippen LogP contribution in [0, 0.1) is 0 Å². The molecule has 3 saturated heterocycles. The van der Waals surface area contributed by atoms with E-state index in [-0.39, 0.29) is 30.3 Å². The fraction of sp³-hybridized carbons (Fsp3) is 0.526. The summed E-state index contributed by atoms with van der Waals surface area (Å²) in [5.74, 6) is 1.40. The average molecular weight is 388 g/mol. The Morgan fingerprint density at radius 3 is 2.52 bits per heavy atom. The molecule has 3 aliphatic rings. The fourth-order valence-electron chi connectivity index (χ4n) is 3.73. The lowest BCUT2D eigenvalue weighted by Crippen LogP contribution is -2.57. The van der Waals surface area contributed by atoms with Gasteiger partial charge in [-0.05, 0) is 24.7 Å². The maximum Gasteiger partial charge on any atom is 0.253 e. The van der Waals surface area contributed by atoms with Gasteiger partial charge in [0.25, 0.3) is 5.91 Å². The first-order valence-electron chi connectivity index (χ1n) is 9.25. The van der Waals surface area contributed by atoms with E-state index in [2.05, 4.69) is 11.9 Å². The zero-order valence-corrected chi connectivity index (χ0v) is 16.3. The van der Waals surface area contributed by atoms with Crippen LogP contribution in [0.15, 0.2) is 24.3 Å². The smallest absolute Gasteiger partial charge is 0.253 e. The molecule has 0 saturated carbocycles. The van der Waals surface area contributed by atoms with Crippen LogP contribution in [-0.2, 0) is 16.1 Å². The van der Waals surface area contributed by atoms with Crippen LogP contribution in [0.5, 0.6) is 0 Å². The van der Waals surface area contributed by atoms with Crippen LogP contribution in [0.1, 0.15) is 15.9 Å². The molecular weight excluding hydrogens is 364 g/mol. The van der Waals surface area contributed by atoms with Gasteiger partial charge in [0.2, 0.25) is 11.8 Å². The molecule has 0 bridgehead atoms. The molecule has 3 amide bonds. The Kier molecular flexibility index (Phi) is 5.10. The van der Waals surface area contributed by atoms with Gasteiger partial charge in [-0.3, -0.25) is 14.4 Å². The minimum atomic E-state index is -0.311. The van der Waals surface area contributed by atoms with E-state index in [9.17, 15) is 14.4 Å². The molecule has 0 aromatic heterocycles. The van der Waals surface area contributed by atoms with Gasteiger partial charge in [-0.1, -0.05) is 12.1 Å². The number of piperazine rings is 2. The molecule has 4 rings (SSSR count). The molecule has 0 N–H and O–H groups in total. The molecule has 27 heavy (non-hydrogen) atoms. The van der Waals surface area contributed by atoms with E-state index in [1.807, 2.05) is 29.2 Å². The minimum Gasteiger partial charge on any atom is -0.336 e. The van der Waals surface area contributed by atoms with E-state index in [1.165, 1.54) is 0 Å². The number of carbonyl (C=O) groups is 3. The third kappa shape index (κ3) is 3.68. The summed E-state index contributed by atoms with van der Waals surface area (Å²) < 4.78 is 0. The first-order chi connectivity index (χ1) is 13.0. The number of fused-ring (bicyclic) bond motifs is 1. The van der Waals surface area contributed by atoms with Gasteiger partial charge in [0.15, 0.2) is 0 Å². The quantitative estimate of drug-likeness (QED) is 0.746. The predicted molar refractivity (Wildman–Crippen MR) is 103 cm³/mol. The molecule has 3 fully saturated rings. The molecule has 0 unspecified atom stereocenters. The van der Waals surface area contributed by atoms with Crippen LogP contribution in [0.3, 0.4) is 0 Å². The summed E-state index contributed by atoms with van der Waals surface area (Å²) >= 11 is 1.63. The number of hydrogen-bond donors (Lipinski definition) is 0. The van der Waals surface area contributed by atoms with Gasteiger partial charge in [0.05, 0.1) is 5.88 Å². The second-order valence-corrected chi connectivity index (χ2v) is 8.37. The molecule has 0 radical (unpaired) electrons. The number of thioether (sulfide) groups is 1. The summed E-state index contributed by atoms with van der Waals surface area (Å²) in [6.07, 6.45) is 0. The second kappa shape index (κ2) is 7.52. The van der Waals surface area contributed by atoms with E-state index >= 15 is 0 Å². The van der Waals surface area contributed by atoms with Gasteiger partial charge in [-0.15, -0.1) is 11.8 Å². The van der Waals surface area contributed by atoms with Crippen molar-refractivity contribution < 1.29 is 14.4 Å². The number of benzene rings is 1. The van der Waals surface area contributed by atoms with Crippen LogP contribution >= 0.6 is 11.8 Å². The highest BCUT2D eigenvalue weighted by atomic mass is 32.2. The summed E-state index contributed by atoms with van der Waals surface area (Å²) in [4.78, 5) is 44.9. The van der Waals surface area contributed by atoms with Crippen molar-refractivity contribution in [3.63, 3.8) is 0 Å². The Bertz CT molecular complexity index is 746.